The Balaban J connectivity index is 1.61. The summed E-state index contributed by atoms with van der Waals surface area (Å²) in [4.78, 5) is 31.3. The van der Waals surface area contributed by atoms with Crippen LogP contribution in [0.5, 0.6) is 0 Å². The first-order valence-electron chi connectivity index (χ1n) is 7.94. The number of thiophene rings is 1. The van der Waals surface area contributed by atoms with E-state index in [0.717, 1.165) is 9.88 Å². The largest absolute Gasteiger partial charge is 0.448 e. The summed E-state index contributed by atoms with van der Waals surface area (Å²) in [5.74, 6) is -1.06. The average molecular weight is 415 g/mol. The lowest BCUT2D eigenvalue weighted by molar-refractivity contribution is -0.140. The van der Waals surface area contributed by atoms with Crippen molar-refractivity contribution in [1.82, 2.24) is 9.88 Å². The third kappa shape index (κ3) is 4.13. The zero-order valence-corrected chi connectivity index (χ0v) is 16.7. The molecular formula is C16H18N2O5S3. The molecule has 1 saturated heterocycles. The number of amides is 1. The maximum Gasteiger partial charge on any atom is 0.358 e. The van der Waals surface area contributed by atoms with Crippen LogP contribution in [0, 0.1) is 0 Å². The van der Waals surface area contributed by atoms with E-state index in [1.54, 1.807) is 5.38 Å². The number of hydrogen-bond acceptors (Lipinski definition) is 8. The lowest BCUT2D eigenvalue weighted by atomic mass is 10.2. The quantitative estimate of drug-likeness (QED) is 0.695. The number of carbonyl (C=O) groups is 2. The van der Waals surface area contributed by atoms with Crippen LogP contribution in [0.1, 0.15) is 23.8 Å². The van der Waals surface area contributed by atoms with Crippen LogP contribution >= 0.6 is 22.7 Å². The molecule has 0 bridgehead atoms. The fraction of sp³-hybridized carbons (Fsp3) is 0.438. The van der Waals surface area contributed by atoms with E-state index in [4.69, 9.17) is 4.74 Å². The van der Waals surface area contributed by atoms with Gasteiger partial charge in [0.05, 0.1) is 16.4 Å². The van der Waals surface area contributed by atoms with Crippen molar-refractivity contribution < 1.29 is 22.7 Å². The van der Waals surface area contributed by atoms with E-state index in [0.29, 0.717) is 6.42 Å². The summed E-state index contributed by atoms with van der Waals surface area (Å²) in [7, 11) is -1.56. The van der Waals surface area contributed by atoms with Gasteiger partial charge in [-0.05, 0) is 24.8 Å². The van der Waals surface area contributed by atoms with Gasteiger partial charge in [0.2, 0.25) is 0 Å². The minimum absolute atomic E-state index is 0.0494. The summed E-state index contributed by atoms with van der Waals surface area (Å²) in [6.45, 7) is 1.48. The Morgan fingerprint density at radius 1 is 1.38 bits per heavy atom. The van der Waals surface area contributed by atoms with Gasteiger partial charge >= 0.3 is 5.97 Å². The molecule has 0 aromatic carbocycles. The average Bonchev–Trinajstić information content (AvgIpc) is 3.32. The van der Waals surface area contributed by atoms with Crippen LogP contribution in [-0.4, -0.2) is 60.9 Å². The van der Waals surface area contributed by atoms with Gasteiger partial charge in [0.25, 0.3) is 5.91 Å². The first-order valence-corrected chi connectivity index (χ1v) is 11.5. The molecule has 3 rings (SSSR count). The van der Waals surface area contributed by atoms with Crippen LogP contribution in [0.3, 0.4) is 0 Å². The van der Waals surface area contributed by atoms with Gasteiger partial charge in [0, 0.05) is 18.5 Å². The Labute approximate surface area is 159 Å². The number of nitrogens with zero attached hydrogens (tertiary/aromatic N) is 2. The van der Waals surface area contributed by atoms with Crippen molar-refractivity contribution >= 4 is 44.4 Å². The third-order valence-electron chi connectivity index (χ3n) is 4.18. The highest BCUT2D eigenvalue weighted by Gasteiger charge is 2.35. The molecule has 0 spiro atoms. The summed E-state index contributed by atoms with van der Waals surface area (Å²) in [5, 5.41) is 4.25. The number of likely N-dealkylation sites (N-methyl/N-ethyl adjacent to an activating group) is 1. The fourth-order valence-electron chi connectivity index (χ4n) is 2.70. The van der Waals surface area contributed by atoms with Gasteiger partial charge in [-0.2, -0.15) is 0 Å². The maximum absolute atomic E-state index is 12.4. The Bertz CT molecular complexity index is 904. The van der Waals surface area contributed by atoms with Crippen molar-refractivity contribution in [2.45, 2.75) is 25.5 Å². The second kappa shape index (κ2) is 7.45. The predicted octanol–water partition coefficient (Wildman–Crippen LogP) is 2.06. The monoisotopic (exact) mass is 414 g/mol. The van der Waals surface area contributed by atoms with Gasteiger partial charge < -0.3 is 9.64 Å². The molecule has 10 heteroatoms. The zero-order valence-electron chi connectivity index (χ0n) is 14.2. The fourth-order valence-corrected chi connectivity index (χ4v) is 6.08. The molecule has 1 aliphatic heterocycles. The van der Waals surface area contributed by atoms with Crippen LogP contribution in [0.25, 0.3) is 9.88 Å². The molecule has 2 aromatic rings. The Kier molecular flexibility index (Phi) is 5.44. The summed E-state index contributed by atoms with van der Waals surface area (Å²) in [6, 6.07) is 3.44. The number of esters is 1. The molecule has 0 saturated carbocycles. The van der Waals surface area contributed by atoms with Crippen molar-refractivity contribution in [3.63, 3.8) is 0 Å². The molecule has 0 unspecified atom stereocenters. The van der Waals surface area contributed by atoms with E-state index in [-0.39, 0.29) is 23.2 Å². The molecule has 1 amide bonds. The van der Waals surface area contributed by atoms with E-state index in [2.05, 4.69) is 4.98 Å². The van der Waals surface area contributed by atoms with Crippen LogP contribution in [-0.2, 0) is 19.4 Å². The Morgan fingerprint density at radius 3 is 2.77 bits per heavy atom. The van der Waals surface area contributed by atoms with Gasteiger partial charge in [-0.1, -0.05) is 6.07 Å². The first kappa shape index (κ1) is 19.0. The summed E-state index contributed by atoms with van der Waals surface area (Å²) in [5.41, 5.74) is 0.157. The highest BCUT2D eigenvalue weighted by atomic mass is 32.2. The lowest BCUT2D eigenvalue weighted by Crippen LogP contribution is -2.44. The first-order chi connectivity index (χ1) is 12.3. The number of hydrogen-bond donors (Lipinski definition) is 0. The molecular weight excluding hydrogens is 396 g/mol. The third-order valence-corrected chi connectivity index (χ3v) is 7.81. The number of thiazole rings is 1. The van der Waals surface area contributed by atoms with Crippen LogP contribution < -0.4 is 0 Å². The van der Waals surface area contributed by atoms with Crippen LogP contribution in [0.15, 0.2) is 22.9 Å². The summed E-state index contributed by atoms with van der Waals surface area (Å²) in [6.07, 6.45) is -0.607. The van der Waals surface area contributed by atoms with Gasteiger partial charge in [0.1, 0.15) is 5.01 Å². The number of ether oxygens (including phenoxy) is 1. The van der Waals surface area contributed by atoms with Crippen LogP contribution in [0.4, 0.5) is 0 Å². The summed E-state index contributed by atoms with van der Waals surface area (Å²) < 4.78 is 28.4. The van der Waals surface area contributed by atoms with Crippen molar-refractivity contribution in [2.75, 3.05) is 18.6 Å². The molecule has 0 N–H and O–H groups in total. The molecule has 26 heavy (non-hydrogen) atoms. The second-order valence-corrected chi connectivity index (χ2v) is 10.1. The number of carbonyl (C=O) groups excluding carboxylic acids is 2. The summed E-state index contributed by atoms with van der Waals surface area (Å²) >= 11 is 2.86. The number of rotatable bonds is 5. The van der Waals surface area contributed by atoms with Crippen molar-refractivity contribution in [3.05, 3.63) is 28.6 Å². The highest BCUT2D eigenvalue weighted by molar-refractivity contribution is 7.91. The topological polar surface area (TPSA) is 93.6 Å². The van der Waals surface area contributed by atoms with Gasteiger partial charge in [-0.25, -0.2) is 18.2 Å². The lowest BCUT2D eigenvalue weighted by Gasteiger charge is -2.26. The second-order valence-electron chi connectivity index (χ2n) is 6.07. The number of sulfone groups is 1. The molecule has 0 aliphatic carbocycles. The normalized spacial score (nSPS) is 19.8. The van der Waals surface area contributed by atoms with E-state index < -0.39 is 27.8 Å². The smallest absolute Gasteiger partial charge is 0.358 e. The van der Waals surface area contributed by atoms with Crippen molar-refractivity contribution in [3.8, 4) is 9.88 Å². The van der Waals surface area contributed by atoms with Gasteiger partial charge in [0.15, 0.2) is 21.6 Å². The van der Waals surface area contributed by atoms with Crippen molar-refractivity contribution in [1.29, 1.82) is 0 Å². The Morgan fingerprint density at radius 2 is 2.15 bits per heavy atom. The molecule has 1 fully saturated rings. The molecule has 3 heterocycles. The minimum Gasteiger partial charge on any atom is -0.448 e. The molecule has 1 aliphatic rings. The highest BCUT2D eigenvalue weighted by Crippen LogP contribution is 2.28. The minimum atomic E-state index is -3.09. The molecule has 0 radical (unpaired) electrons. The van der Waals surface area contributed by atoms with E-state index in [1.807, 2.05) is 17.5 Å². The van der Waals surface area contributed by atoms with E-state index in [9.17, 15) is 18.0 Å². The molecule has 140 valence electrons. The molecule has 2 aromatic heterocycles. The van der Waals surface area contributed by atoms with Gasteiger partial charge in [-0.3, -0.25) is 4.79 Å². The SMILES string of the molecule is C[C@@H](OC(=O)c1csc(-c2cccs2)n1)C(=O)N(C)[C@H]1CCS(=O)(=O)C1. The van der Waals surface area contributed by atoms with Gasteiger partial charge in [-0.15, -0.1) is 22.7 Å². The maximum atomic E-state index is 12.4. The molecule has 2 atom stereocenters. The zero-order chi connectivity index (χ0) is 18.9. The van der Waals surface area contributed by atoms with Crippen LogP contribution in [0.2, 0.25) is 0 Å². The van der Waals surface area contributed by atoms with E-state index >= 15 is 0 Å². The van der Waals surface area contributed by atoms with Crippen molar-refractivity contribution in [2.24, 2.45) is 0 Å². The standard InChI is InChI=1S/C16H18N2O5S3/c1-10(15(19)18(2)11-5-7-26(21,22)9-11)23-16(20)12-8-25-14(17-12)13-4-3-6-24-13/h3-4,6,8,10-11H,5,7,9H2,1-2H3/t10-,11+/m1/s1. The molecule has 7 nitrogen and oxygen atoms in total. The Hall–Kier alpha value is -1.78. The number of aromatic nitrogens is 1. The van der Waals surface area contributed by atoms with E-state index in [1.165, 1.54) is 41.5 Å². The predicted molar refractivity (Wildman–Crippen MR) is 100 cm³/mol.